The van der Waals surface area contributed by atoms with Crippen LogP contribution in [0.2, 0.25) is 0 Å². The van der Waals surface area contributed by atoms with Gasteiger partial charge in [-0.1, -0.05) is 13.8 Å². The molecule has 0 radical (unpaired) electrons. The van der Waals surface area contributed by atoms with E-state index in [1.54, 1.807) is 0 Å². The third-order valence-corrected chi connectivity index (χ3v) is 1.79. The molecule has 0 spiro atoms. The highest BCUT2D eigenvalue weighted by Gasteiger charge is 2.08. The number of nitrogens with zero attached hydrogens (tertiary/aromatic N) is 1. The van der Waals surface area contributed by atoms with E-state index < -0.39 is 0 Å². The average Bonchev–Trinajstić information content (AvgIpc) is 1.84. The number of rotatable bonds is 6. The van der Waals surface area contributed by atoms with Gasteiger partial charge in [0.1, 0.15) is 0 Å². The lowest BCUT2D eigenvalue weighted by Crippen LogP contribution is -2.35. The topological polar surface area (TPSA) is 23.5 Å². The molecule has 0 aliphatic heterocycles. The molecule has 2 nitrogen and oxygen atoms in total. The molecule has 0 rings (SSSR count). The van der Waals surface area contributed by atoms with E-state index >= 15 is 0 Å². The van der Waals surface area contributed by atoms with Crippen LogP contribution < -0.4 is 0 Å². The van der Waals surface area contributed by atoms with Crippen molar-refractivity contribution in [3.63, 3.8) is 0 Å². The van der Waals surface area contributed by atoms with Gasteiger partial charge in [0.25, 0.3) is 0 Å². The summed E-state index contributed by atoms with van der Waals surface area (Å²) in [6.07, 6.45) is 0. The zero-order valence-corrected chi connectivity index (χ0v) is 9.56. The fourth-order valence-corrected chi connectivity index (χ4v) is 1.61. The molecule has 0 fully saturated rings. The Kier molecular flexibility index (Phi) is 7.43. The molecule has 0 aromatic carbocycles. The zero-order valence-electron chi connectivity index (χ0n) is 7.77. The summed E-state index contributed by atoms with van der Waals surface area (Å²) in [6, 6.07) is 0. The van der Waals surface area contributed by atoms with Gasteiger partial charge in [-0.3, -0.25) is 4.90 Å². The summed E-state index contributed by atoms with van der Waals surface area (Å²) in [6.45, 7) is 6.85. The Morgan fingerprint density at radius 3 is 1.83 bits per heavy atom. The van der Waals surface area contributed by atoms with E-state index in [1.165, 1.54) is 0 Å². The van der Waals surface area contributed by atoms with Crippen LogP contribution in [0.4, 0.5) is 0 Å². The van der Waals surface area contributed by atoms with E-state index in [1.807, 2.05) is 0 Å². The summed E-state index contributed by atoms with van der Waals surface area (Å²) in [5.41, 5.74) is 0. The normalized spacial score (nSPS) is 16.5. The van der Waals surface area contributed by atoms with Crippen molar-refractivity contribution in [3.8, 4) is 0 Å². The fourth-order valence-electron chi connectivity index (χ4n) is 1.15. The van der Waals surface area contributed by atoms with Gasteiger partial charge in [0, 0.05) is 30.1 Å². The van der Waals surface area contributed by atoms with Crippen LogP contribution in [-0.4, -0.2) is 46.7 Å². The van der Waals surface area contributed by atoms with E-state index in [-0.39, 0.29) is 6.61 Å². The van der Waals surface area contributed by atoms with Crippen molar-refractivity contribution in [1.29, 1.82) is 0 Å². The molecule has 0 amide bonds. The average molecular weight is 209 g/mol. The maximum Gasteiger partial charge on any atom is 0.0558 e. The van der Waals surface area contributed by atoms with Crippen molar-refractivity contribution in [2.24, 2.45) is 0 Å². The number of aliphatic hydroxyl groups is 1. The second-order valence-corrected chi connectivity index (χ2v) is 4.94. The number of aliphatic hydroxyl groups excluding tert-OH is 1. The van der Waals surface area contributed by atoms with Crippen molar-refractivity contribution in [3.05, 3.63) is 0 Å². The van der Waals surface area contributed by atoms with Crippen molar-refractivity contribution >= 4 is 25.3 Å². The molecule has 0 aliphatic rings. The molecular weight excluding hydrogens is 190 g/mol. The molecule has 12 heavy (non-hydrogen) atoms. The van der Waals surface area contributed by atoms with Gasteiger partial charge < -0.3 is 5.11 Å². The highest BCUT2D eigenvalue weighted by Crippen LogP contribution is 2.02. The molecule has 0 saturated heterocycles. The van der Waals surface area contributed by atoms with Gasteiger partial charge in [-0.2, -0.15) is 25.3 Å². The van der Waals surface area contributed by atoms with Gasteiger partial charge in [0.15, 0.2) is 0 Å². The highest BCUT2D eigenvalue weighted by atomic mass is 32.1. The van der Waals surface area contributed by atoms with Gasteiger partial charge >= 0.3 is 0 Å². The van der Waals surface area contributed by atoms with Crippen LogP contribution in [0.3, 0.4) is 0 Å². The van der Waals surface area contributed by atoms with Crippen LogP contribution in [0.15, 0.2) is 0 Å². The van der Waals surface area contributed by atoms with E-state index in [2.05, 4.69) is 44.0 Å². The first-order valence-corrected chi connectivity index (χ1v) is 5.29. The molecule has 0 saturated carbocycles. The Hall–Kier alpha value is 0.620. The standard InChI is InChI=1S/C8H19NOS2/c1-7(11)5-9(3-4-10)6-8(2)12/h7-8,10-12H,3-6H2,1-2H3. The Balaban J connectivity index is 3.69. The van der Waals surface area contributed by atoms with Crippen LogP contribution in [-0.2, 0) is 0 Å². The first kappa shape index (κ1) is 12.6. The minimum absolute atomic E-state index is 0.209. The van der Waals surface area contributed by atoms with E-state index in [4.69, 9.17) is 5.11 Å². The lowest BCUT2D eigenvalue weighted by molar-refractivity contribution is 0.199. The number of hydrogen-bond donors (Lipinski definition) is 3. The minimum Gasteiger partial charge on any atom is -0.395 e. The monoisotopic (exact) mass is 209 g/mol. The first-order valence-electron chi connectivity index (χ1n) is 4.25. The summed E-state index contributed by atoms with van der Waals surface area (Å²) in [4.78, 5) is 2.18. The van der Waals surface area contributed by atoms with Crippen LogP contribution in [0.1, 0.15) is 13.8 Å². The molecular formula is C8H19NOS2. The SMILES string of the molecule is CC(S)CN(CCO)CC(C)S. The Bertz CT molecular complexity index is 99.2. The predicted molar refractivity (Wildman–Crippen MR) is 60.4 cm³/mol. The molecule has 0 aromatic rings. The summed E-state index contributed by atoms with van der Waals surface area (Å²) in [7, 11) is 0. The number of hydrogen-bond acceptors (Lipinski definition) is 4. The fraction of sp³-hybridized carbons (Fsp3) is 1.00. The van der Waals surface area contributed by atoms with Gasteiger partial charge in [0.2, 0.25) is 0 Å². The Morgan fingerprint density at radius 1 is 1.17 bits per heavy atom. The molecule has 2 unspecified atom stereocenters. The molecule has 0 bridgehead atoms. The molecule has 2 atom stereocenters. The van der Waals surface area contributed by atoms with Crippen molar-refractivity contribution in [2.75, 3.05) is 26.2 Å². The summed E-state index contributed by atoms with van der Waals surface area (Å²) in [5, 5.41) is 9.47. The molecule has 0 aliphatic carbocycles. The molecule has 4 heteroatoms. The Labute approximate surface area is 86.2 Å². The molecule has 1 N–H and O–H groups in total. The van der Waals surface area contributed by atoms with Crippen LogP contribution in [0, 0.1) is 0 Å². The molecule has 0 heterocycles. The van der Waals surface area contributed by atoms with Crippen LogP contribution in [0.5, 0.6) is 0 Å². The third-order valence-electron chi connectivity index (χ3n) is 1.46. The lowest BCUT2D eigenvalue weighted by atomic mass is 10.3. The van der Waals surface area contributed by atoms with Crippen molar-refractivity contribution in [1.82, 2.24) is 4.90 Å². The minimum atomic E-state index is 0.209. The lowest BCUT2D eigenvalue weighted by Gasteiger charge is -2.24. The van der Waals surface area contributed by atoms with E-state index in [0.29, 0.717) is 10.5 Å². The predicted octanol–water partition coefficient (Wildman–Crippen LogP) is 0.917. The van der Waals surface area contributed by atoms with Gasteiger partial charge in [-0.25, -0.2) is 0 Å². The van der Waals surface area contributed by atoms with Crippen LogP contribution >= 0.6 is 25.3 Å². The maximum atomic E-state index is 8.77. The van der Waals surface area contributed by atoms with E-state index in [9.17, 15) is 0 Å². The highest BCUT2D eigenvalue weighted by molar-refractivity contribution is 7.81. The largest absolute Gasteiger partial charge is 0.395 e. The van der Waals surface area contributed by atoms with Crippen LogP contribution in [0.25, 0.3) is 0 Å². The quantitative estimate of drug-likeness (QED) is 0.567. The maximum absolute atomic E-state index is 8.77. The Morgan fingerprint density at radius 2 is 1.58 bits per heavy atom. The molecule has 74 valence electrons. The van der Waals surface area contributed by atoms with Gasteiger partial charge in [-0.15, -0.1) is 0 Å². The van der Waals surface area contributed by atoms with Crippen molar-refractivity contribution < 1.29 is 5.11 Å². The second-order valence-electron chi connectivity index (χ2n) is 3.18. The third kappa shape index (κ3) is 7.28. The summed E-state index contributed by atoms with van der Waals surface area (Å²) < 4.78 is 0. The number of thiol groups is 2. The smallest absolute Gasteiger partial charge is 0.0558 e. The summed E-state index contributed by atoms with van der Waals surface area (Å²) in [5.74, 6) is 0. The van der Waals surface area contributed by atoms with E-state index in [0.717, 1.165) is 19.6 Å². The van der Waals surface area contributed by atoms with Gasteiger partial charge in [-0.05, 0) is 0 Å². The molecule has 0 aromatic heterocycles. The summed E-state index contributed by atoms with van der Waals surface area (Å²) >= 11 is 8.61. The zero-order chi connectivity index (χ0) is 9.56. The van der Waals surface area contributed by atoms with Crippen molar-refractivity contribution in [2.45, 2.75) is 24.3 Å². The second kappa shape index (κ2) is 7.06. The van der Waals surface area contributed by atoms with Gasteiger partial charge in [0.05, 0.1) is 6.61 Å². The first-order chi connectivity index (χ1) is 5.56.